The first-order valence-corrected chi connectivity index (χ1v) is 12.4. The van der Waals surface area contributed by atoms with Crippen molar-refractivity contribution in [2.75, 3.05) is 20.1 Å². The Hall–Kier alpha value is -4.22. The van der Waals surface area contributed by atoms with Crippen molar-refractivity contribution in [3.63, 3.8) is 0 Å². The minimum absolute atomic E-state index is 0.129. The highest BCUT2D eigenvalue weighted by atomic mass is 35.5. The molecule has 10 nitrogen and oxygen atoms in total. The molecule has 1 aliphatic heterocycles. The zero-order valence-corrected chi connectivity index (χ0v) is 21.1. The number of H-pyrrole nitrogens is 1. The molecular formula is C26H23ClFN9O. The number of halogens is 2. The number of hydrogen-bond acceptors (Lipinski definition) is 7. The zero-order valence-electron chi connectivity index (χ0n) is 20.3. The van der Waals surface area contributed by atoms with Gasteiger partial charge in [-0.1, -0.05) is 23.7 Å². The number of aromatic nitrogens is 7. The lowest BCUT2D eigenvalue weighted by Gasteiger charge is -2.37. The SMILES string of the molecule is CN1C[C@H](NC(=O)c2cc(Cl)ccn2)C[C@H](n2c(-c3ccccc3F)nc3cnc(-c4ncn[nH]4)cc32)C1. The maximum absolute atomic E-state index is 15.0. The minimum atomic E-state index is -0.367. The van der Waals surface area contributed by atoms with Gasteiger partial charge in [0.25, 0.3) is 5.91 Å². The van der Waals surface area contributed by atoms with Gasteiger partial charge >= 0.3 is 0 Å². The fourth-order valence-electron chi connectivity index (χ4n) is 5.03. The Labute approximate surface area is 221 Å². The molecule has 6 rings (SSSR count). The van der Waals surface area contributed by atoms with Crippen LogP contribution in [0.2, 0.25) is 5.02 Å². The lowest BCUT2D eigenvalue weighted by Crippen LogP contribution is -2.50. The third-order valence-electron chi connectivity index (χ3n) is 6.61. The van der Waals surface area contributed by atoms with Gasteiger partial charge in [-0.2, -0.15) is 5.10 Å². The van der Waals surface area contributed by atoms with Gasteiger partial charge in [-0.05, 0) is 43.8 Å². The molecule has 1 fully saturated rings. The van der Waals surface area contributed by atoms with Crippen LogP contribution < -0.4 is 5.32 Å². The van der Waals surface area contributed by atoms with Gasteiger partial charge in [-0.15, -0.1) is 0 Å². The molecule has 0 saturated carbocycles. The highest BCUT2D eigenvalue weighted by molar-refractivity contribution is 6.30. The van der Waals surface area contributed by atoms with E-state index in [1.54, 1.807) is 36.5 Å². The van der Waals surface area contributed by atoms with E-state index in [-0.39, 0.29) is 29.5 Å². The monoisotopic (exact) mass is 531 g/mol. The van der Waals surface area contributed by atoms with Crippen molar-refractivity contribution in [1.29, 1.82) is 0 Å². The van der Waals surface area contributed by atoms with E-state index >= 15 is 4.39 Å². The molecule has 1 saturated heterocycles. The number of imidazole rings is 1. The van der Waals surface area contributed by atoms with Crippen LogP contribution in [0.4, 0.5) is 4.39 Å². The molecule has 0 aliphatic carbocycles. The van der Waals surface area contributed by atoms with E-state index in [0.29, 0.717) is 53.0 Å². The topological polar surface area (TPSA) is 118 Å². The van der Waals surface area contributed by atoms with E-state index in [2.05, 4.69) is 35.4 Å². The van der Waals surface area contributed by atoms with Crippen LogP contribution in [0.3, 0.4) is 0 Å². The second-order valence-corrected chi connectivity index (χ2v) is 9.75. The summed E-state index contributed by atoms with van der Waals surface area (Å²) in [6, 6.07) is 11.3. The lowest BCUT2D eigenvalue weighted by atomic mass is 9.99. The molecule has 4 aromatic heterocycles. The molecule has 192 valence electrons. The van der Waals surface area contributed by atoms with Crippen LogP contribution in [0.1, 0.15) is 23.0 Å². The smallest absolute Gasteiger partial charge is 0.270 e. The number of rotatable bonds is 5. The number of hydrogen-bond donors (Lipinski definition) is 2. The standard InChI is InChI=1S/C26H23ClFN9O/c1-36-12-16(33-26(38)21-8-15(27)6-7-29-21)9-17(13-36)37-23-10-20(24-31-14-32-35-24)30-11-22(23)34-25(37)18-4-2-3-5-19(18)28/h2-8,10-11,14,16-17H,9,12-13H2,1H3,(H,33,38)(H,31,32,35)/t16-,17+/m1/s1. The van der Waals surface area contributed by atoms with E-state index < -0.39 is 0 Å². The van der Waals surface area contributed by atoms with Gasteiger partial charge in [-0.25, -0.2) is 14.4 Å². The Morgan fingerprint density at radius 3 is 2.82 bits per heavy atom. The lowest BCUT2D eigenvalue weighted by molar-refractivity contribution is 0.0889. The number of carbonyl (C=O) groups is 1. The van der Waals surface area contributed by atoms with Crippen LogP contribution in [0.15, 0.2) is 61.2 Å². The predicted molar refractivity (Wildman–Crippen MR) is 140 cm³/mol. The number of nitrogens with one attached hydrogen (secondary N) is 2. The summed E-state index contributed by atoms with van der Waals surface area (Å²) in [5.74, 6) is 0.352. The fourth-order valence-corrected chi connectivity index (χ4v) is 5.19. The largest absolute Gasteiger partial charge is 0.347 e. The molecule has 0 unspecified atom stereocenters. The Morgan fingerprint density at radius 2 is 2.03 bits per heavy atom. The van der Waals surface area contributed by atoms with Crippen LogP contribution >= 0.6 is 11.6 Å². The molecule has 2 N–H and O–H groups in total. The fraction of sp³-hybridized carbons (Fsp3) is 0.231. The highest BCUT2D eigenvalue weighted by Gasteiger charge is 2.31. The quantitative estimate of drug-likeness (QED) is 0.354. The first-order valence-electron chi connectivity index (χ1n) is 12.1. The molecule has 12 heteroatoms. The summed E-state index contributed by atoms with van der Waals surface area (Å²) in [6.07, 6.45) is 5.18. The van der Waals surface area contributed by atoms with Gasteiger partial charge in [0, 0.05) is 30.4 Å². The predicted octanol–water partition coefficient (Wildman–Crippen LogP) is 3.75. The van der Waals surface area contributed by atoms with Crippen molar-refractivity contribution in [1.82, 2.24) is 44.9 Å². The van der Waals surface area contributed by atoms with Crippen molar-refractivity contribution < 1.29 is 9.18 Å². The average molecular weight is 532 g/mol. The second-order valence-electron chi connectivity index (χ2n) is 9.32. The van der Waals surface area contributed by atoms with Crippen molar-refractivity contribution >= 4 is 28.5 Å². The number of carbonyl (C=O) groups excluding carboxylic acids is 1. The van der Waals surface area contributed by atoms with Crippen LogP contribution in [-0.4, -0.2) is 71.7 Å². The zero-order chi connectivity index (χ0) is 26.2. The summed E-state index contributed by atoms with van der Waals surface area (Å²) in [5, 5.41) is 10.3. The van der Waals surface area contributed by atoms with E-state index in [4.69, 9.17) is 16.6 Å². The number of piperidine rings is 1. The number of likely N-dealkylation sites (N-methyl/N-ethyl adjacent to an activating group) is 1. The normalized spacial score (nSPS) is 18.1. The molecule has 1 aromatic carbocycles. The average Bonchev–Trinajstić information content (AvgIpc) is 3.57. The molecular weight excluding hydrogens is 509 g/mol. The Balaban J connectivity index is 1.41. The maximum atomic E-state index is 15.0. The molecule has 2 atom stereocenters. The van der Waals surface area contributed by atoms with Gasteiger partial charge in [0.1, 0.15) is 34.9 Å². The van der Waals surface area contributed by atoms with Crippen molar-refractivity contribution in [3.8, 4) is 22.9 Å². The minimum Gasteiger partial charge on any atom is -0.347 e. The van der Waals surface area contributed by atoms with E-state index in [1.165, 1.54) is 18.6 Å². The number of nitrogens with zero attached hydrogens (tertiary/aromatic N) is 7. The number of pyridine rings is 2. The first kappa shape index (κ1) is 24.1. The molecule has 5 aromatic rings. The van der Waals surface area contributed by atoms with Crippen LogP contribution in [0.5, 0.6) is 0 Å². The molecule has 0 spiro atoms. The summed E-state index contributed by atoms with van der Waals surface area (Å²) >= 11 is 6.05. The van der Waals surface area contributed by atoms with Gasteiger partial charge in [0.05, 0.1) is 23.3 Å². The Morgan fingerprint density at radius 1 is 1.16 bits per heavy atom. The second kappa shape index (κ2) is 9.92. The number of amides is 1. The first-order chi connectivity index (χ1) is 18.5. The van der Waals surface area contributed by atoms with Crippen LogP contribution in [0.25, 0.3) is 33.9 Å². The van der Waals surface area contributed by atoms with Gasteiger partial charge in [-0.3, -0.25) is 19.9 Å². The molecule has 0 bridgehead atoms. The summed E-state index contributed by atoms with van der Waals surface area (Å²) in [5.41, 5.74) is 2.65. The summed E-state index contributed by atoms with van der Waals surface area (Å²) in [4.78, 5) is 32.7. The third kappa shape index (κ3) is 4.61. The van der Waals surface area contributed by atoms with Crippen molar-refractivity contribution in [2.24, 2.45) is 0 Å². The van der Waals surface area contributed by atoms with E-state index in [9.17, 15) is 4.79 Å². The van der Waals surface area contributed by atoms with Gasteiger partial charge in [0.2, 0.25) is 0 Å². The molecule has 38 heavy (non-hydrogen) atoms. The molecule has 5 heterocycles. The number of likely N-dealkylation sites (tertiary alicyclic amines) is 1. The number of aromatic amines is 1. The molecule has 1 aliphatic rings. The molecule has 0 radical (unpaired) electrons. The third-order valence-corrected chi connectivity index (χ3v) is 6.85. The summed E-state index contributed by atoms with van der Waals surface area (Å²) in [7, 11) is 1.99. The molecule has 1 amide bonds. The van der Waals surface area contributed by atoms with E-state index in [0.717, 1.165) is 5.52 Å². The Kier molecular flexibility index (Phi) is 6.30. The van der Waals surface area contributed by atoms with Gasteiger partial charge in [0.15, 0.2) is 5.82 Å². The summed E-state index contributed by atoms with van der Waals surface area (Å²) in [6.45, 7) is 1.32. The number of benzene rings is 1. The van der Waals surface area contributed by atoms with Crippen molar-refractivity contribution in [2.45, 2.75) is 18.5 Å². The van der Waals surface area contributed by atoms with Gasteiger partial charge < -0.3 is 14.8 Å². The summed E-state index contributed by atoms with van der Waals surface area (Å²) < 4.78 is 17.1. The van der Waals surface area contributed by atoms with E-state index in [1.807, 2.05) is 17.7 Å². The van der Waals surface area contributed by atoms with Crippen LogP contribution in [0, 0.1) is 5.82 Å². The number of fused-ring (bicyclic) bond motifs is 1. The van der Waals surface area contributed by atoms with Crippen LogP contribution in [-0.2, 0) is 0 Å². The highest BCUT2D eigenvalue weighted by Crippen LogP contribution is 2.34. The van der Waals surface area contributed by atoms with Crippen molar-refractivity contribution in [3.05, 3.63) is 77.7 Å². The maximum Gasteiger partial charge on any atom is 0.270 e. The Bertz CT molecular complexity index is 1620.